The van der Waals surface area contributed by atoms with Crippen molar-refractivity contribution < 1.29 is 4.79 Å². The normalized spacial score (nSPS) is 39.0. The summed E-state index contributed by atoms with van der Waals surface area (Å²) < 4.78 is 3.00. The van der Waals surface area contributed by atoms with Gasteiger partial charge in [0.15, 0.2) is 0 Å². The highest BCUT2D eigenvalue weighted by Crippen LogP contribution is 2.69. The van der Waals surface area contributed by atoms with Gasteiger partial charge in [0.1, 0.15) is 0 Å². The highest BCUT2D eigenvalue weighted by Gasteiger charge is 2.62. The molecule has 1 aromatic rings. The number of aryl methyl sites for hydroxylation is 2. The van der Waals surface area contributed by atoms with E-state index in [9.17, 15) is 4.79 Å². The van der Waals surface area contributed by atoms with Crippen LogP contribution in [0, 0.1) is 29.1 Å². The Kier molecular flexibility index (Phi) is 4.10. The minimum atomic E-state index is -0.0891. The molecule has 4 aliphatic rings. The molecule has 4 nitrogen and oxygen atoms in total. The van der Waals surface area contributed by atoms with Crippen molar-refractivity contribution in [1.82, 2.24) is 15.1 Å². The van der Waals surface area contributed by atoms with Gasteiger partial charge in [-0.05, 0) is 84.5 Å². The summed E-state index contributed by atoms with van der Waals surface area (Å²) in [6.07, 6.45) is 10.3. The summed E-state index contributed by atoms with van der Waals surface area (Å²) >= 11 is 3.50. The molecule has 0 aliphatic heterocycles. The fourth-order valence-electron chi connectivity index (χ4n) is 6.94. The lowest BCUT2D eigenvalue weighted by atomic mass is 9.40. The Balaban J connectivity index is 1.35. The van der Waals surface area contributed by atoms with Gasteiger partial charge in [0, 0.05) is 19.3 Å². The number of nitrogens with one attached hydrogen (secondary N) is 1. The van der Waals surface area contributed by atoms with Gasteiger partial charge in [-0.1, -0.05) is 13.8 Å². The number of halogens is 1. The Morgan fingerprint density at radius 2 is 1.96 bits per heavy atom. The third kappa shape index (κ3) is 3.17. The second-order valence-corrected chi connectivity index (χ2v) is 10.7. The molecule has 4 fully saturated rings. The number of hydrogen-bond acceptors (Lipinski definition) is 2. The average molecular weight is 408 g/mol. The Bertz CT molecular complexity index is 660. The minimum absolute atomic E-state index is 0.0891. The van der Waals surface area contributed by atoms with E-state index in [2.05, 4.69) is 40.2 Å². The lowest BCUT2D eigenvalue weighted by Gasteiger charge is -2.64. The SMILES string of the molecule is Cc1nn(CCCNC(=O)C23CC4C[C@@](C)(C2)C[C@@](C)(C4)C3)cc1Br. The van der Waals surface area contributed by atoms with Gasteiger partial charge < -0.3 is 5.32 Å². The predicted octanol–water partition coefficient (Wildman–Crippen LogP) is 4.46. The molecule has 0 radical (unpaired) electrons. The van der Waals surface area contributed by atoms with Crippen LogP contribution >= 0.6 is 15.9 Å². The molecule has 4 bridgehead atoms. The molecule has 0 saturated heterocycles. The van der Waals surface area contributed by atoms with E-state index in [1.165, 1.54) is 19.3 Å². The van der Waals surface area contributed by atoms with Crippen molar-refractivity contribution in [2.24, 2.45) is 22.2 Å². The number of amides is 1. The molecule has 0 unspecified atom stereocenters. The summed E-state index contributed by atoms with van der Waals surface area (Å²) in [7, 11) is 0. The van der Waals surface area contributed by atoms with Crippen molar-refractivity contribution in [2.75, 3.05) is 6.54 Å². The Morgan fingerprint density at radius 3 is 2.52 bits per heavy atom. The van der Waals surface area contributed by atoms with Gasteiger partial charge in [-0.3, -0.25) is 9.48 Å². The maximum atomic E-state index is 13.1. The molecule has 25 heavy (non-hydrogen) atoms. The van der Waals surface area contributed by atoms with Crippen LogP contribution < -0.4 is 5.32 Å². The number of hydrogen-bond donors (Lipinski definition) is 1. The molecule has 0 aromatic carbocycles. The monoisotopic (exact) mass is 407 g/mol. The van der Waals surface area contributed by atoms with Crippen LogP contribution in [-0.2, 0) is 11.3 Å². The van der Waals surface area contributed by atoms with Gasteiger partial charge in [-0.25, -0.2) is 0 Å². The molecule has 4 aliphatic carbocycles. The molecule has 1 heterocycles. The van der Waals surface area contributed by atoms with Crippen molar-refractivity contribution in [2.45, 2.75) is 72.3 Å². The number of nitrogens with zero attached hydrogens (tertiary/aromatic N) is 2. The van der Waals surface area contributed by atoms with Crippen LogP contribution in [0.25, 0.3) is 0 Å². The zero-order valence-electron chi connectivity index (χ0n) is 15.7. The van der Waals surface area contributed by atoms with Crippen LogP contribution in [-0.4, -0.2) is 22.2 Å². The Hall–Kier alpha value is -0.840. The molecule has 5 rings (SSSR count). The largest absolute Gasteiger partial charge is 0.356 e. The molecule has 4 saturated carbocycles. The lowest BCUT2D eigenvalue weighted by Crippen LogP contribution is -2.59. The summed E-state index contributed by atoms with van der Waals surface area (Å²) in [5, 5.41) is 7.73. The van der Waals surface area contributed by atoms with E-state index in [4.69, 9.17) is 0 Å². The van der Waals surface area contributed by atoms with Crippen LogP contribution in [0.4, 0.5) is 0 Å². The summed E-state index contributed by atoms with van der Waals surface area (Å²) in [4.78, 5) is 13.1. The van der Waals surface area contributed by atoms with E-state index < -0.39 is 0 Å². The summed E-state index contributed by atoms with van der Waals surface area (Å²) in [5.41, 5.74) is 1.71. The first-order chi connectivity index (χ1) is 11.7. The zero-order chi connectivity index (χ0) is 17.9. The van der Waals surface area contributed by atoms with E-state index in [1.54, 1.807) is 0 Å². The van der Waals surface area contributed by atoms with E-state index in [-0.39, 0.29) is 5.41 Å². The lowest BCUT2D eigenvalue weighted by molar-refractivity contribution is -0.170. The maximum Gasteiger partial charge on any atom is 0.226 e. The van der Waals surface area contributed by atoms with E-state index in [0.29, 0.717) is 16.7 Å². The number of aromatic nitrogens is 2. The number of rotatable bonds is 5. The van der Waals surface area contributed by atoms with Crippen LogP contribution in [0.2, 0.25) is 0 Å². The van der Waals surface area contributed by atoms with E-state index in [1.807, 2.05) is 17.8 Å². The quantitative estimate of drug-likeness (QED) is 0.732. The van der Waals surface area contributed by atoms with Crippen LogP contribution in [0.3, 0.4) is 0 Å². The second-order valence-electron chi connectivity index (χ2n) is 9.85. The van der Waals surface area contributed by atoms with Crippen LogP contribution in [0.5, 0.6) is 0 Å². The van der Waals surface area contributed by atoms with Gasteiger partial charge in [0.2, 0.25) is 5.91 Å². The van der Waals surface area contributed by atoms with Gasteiger partial charge in [-0.2, -0.15) is 5.10 Å². The van der Waals surface area contributed by atoms with Gasteiger partial charge in [0.25, 0.3) is 0 Å². The van der Waals surface area contributed by atoms with Crippen molar-refractivity contribution in [3.05, 3.63) is 16.4 Å². The summed E-state index contributed by atoms with van der Waals surface area (Å²) in [6.45, 7) is 8.44. The standard InChI is InChI=1S/C20H30BrN3O/c1-14-16(21)10-24(23-14)6-4-5-22-17(25)20-9-15-7-18(2,12-20)11-19(3,8-15)13-20/h10,15H,4-9,11-13H2,1-3H3,(H,22,25)/t15?,18-,19-,20?/m1/s1. The molecular weight excluding hydrogens is 378 g/mol. The Labute approximate surface area is 159 Å². The highest BCUT2D eigenvalue weighted by molar-refractivity contribution is 9.10. The molecule has 5 heteroatoms. The molecule has 0 spiro atoms. The van der Waals surface area contributed by atoms with Gasteiger partial charge in [-0.15, -0.1) is 0 Å². The van der Waals surface area contributed by atoms with Gasteiger partial charge >= 0.3 is 0 Å². The fourth-order valence-corrected chi connectivity index (χ4v) is 7.26. The summed E-state index contributed by atoms with van der Waals surface area (Å²) in [5.74, 6) is 1.09. The molecule has 1 aromatic heterocycles. The molecule has 1 N–H and O–H groups in total. The Morgan fingerprint density at radius 1 is 1.28 bits per heavy atom. The van der Waals surface area contributed by atoms with E-state index >= 15 is 0 Å². The minimum Gasteiger partial charge on any atom is -0.356 e. The van der Waals surface area contributed by atoms with Crippen molar-refractivity contribution in [3.8, 4) is 0 Å². The van der Waals surface area contributed by atoms with Crippen LogP contribution in [0.1, 0.15) is 64.5 Å². The topological polar surface area (TPSA) is 46.9 Å². The average Bonchev–Trinajstić information content (AvgIpc) is 2.78. The van der Waals surface area contributed by atoms with Crippen LogP contribution in [0.15, 0.2) is 10.7 Å². The maximum absolute atomic E-state index is 13.1. The fraction of sp³-hybridized carbons (Fsp3) is 0.800. The smallest absolute Gasteiger partial charge is 0.226 e. The first kappa shape index (κ1) is 17.6. The first-order valence-corrected chi connectivity index (χ1v) is 10.5. The van der Waals surface area contributed by atoms with Crippen molar-refractivity contribution in [1.29, 1.82) is 0 Å². The predicted molar refractivity (Wildman–Crippen MR) is 102 cm³/mol. The van der Waals surface area contributed by atoms with Crippen molar-refractivity contribution >= 4 is 21.8 Å². The summed E-state index contributed by atoms with van der Waals surface area (Å²) in [6, 6.07) is 0. The molecule has 138 valence electrons. The number of carbonyl (C=O) groups excluding carboxylic acids is 1. The van der Waals surface area contributed by atoms with Crippen molar-refractivity contribution in [3.63, 3.8) is 0 Å². The van der Waals surface area contributed by atoms with E-state index in [0.717, 1.165) is 54.9 Å². The van der Waals surface area contributed by atoms with Gasteiger partial charge in [0.05, 0.1) is 15.6 Å². The third-order valence-electron chi connectivity index (χ3n) is 6.84. The highest BCUT2D eigenvalue weighted by atomic mass is 79.9. The molecular formula is C20H30BrN3O. The zero-order valence-corrected chi connectivity index (χ0v) is 17.3. The third-order valence-corrected chi connectivity index (χ3v) is 7.62. The molecule has 1 amide bonds. The molecule has 2 atom stereocenters. The first-order valence-electron chi connectivity index (χ1n) is 9.69. The second kappa shape index (κ2) is 5.83. The number of carbonyl (C=O) groups is 1.